The summed E-state index contributed by atoms with van der Waals surface area (Å²) in [5.41, 5.74) is 1.21. The van der Waals surface area contributed by atoms with Crippen molar-refractivity contribution in [2.45, 2.75) is 26.3 Å². The summed E-state index contributed by atoms with van der Waals surface area (Å²) in [5, 5.41) is 7.29. The van der Waals surface area contributed by atoms with E-state index in [2.05, 4.69) is 26.9 Å². The Bertz CT molecular complexity index is 612. The zero-order valence-corrected chi connectivity index (χ0v) is 13.6. The smallest absolute Gasteiger partial charge is 0.286 e. The molecule has 3 heterocycles. The van der Waals surface area contributed by atoms with Crippen molar-refractivity contribution >= 4 is 5.91 Å². The third-order valence-electron chi connectivity index (χ3n) is 4.56. The van der Waals surface area contributed by atoms with Crippen molar-refractivity contribution in [1.82, 2.24) is 20.0 Å². The fourth-order valence-electron chi connectivity index (χ4n) is 3.02. The number of hydrogen-bond donors (Lipinski definition) is 1. The lowest BCUT2D eigenvalue weighted by molar-refractivity contribution is 0.0908. The molecule has 1 fully saturated rings. The van der Waals surface area contributed by atoms with E-state index in [4.69, 9.17) is 4.42 Å². The second-order valence-corrected chi connectivity index (χ2v) is 6.17. The van der Waals surface area contributed by atoms with E-state index in [1.165, 1.54) is 12.0 Å². The predicted octanol–water partition coefficient (Wildman–Crippen LogP) is 1.93. The molecule has 2 aromatic heterocycles. The number of aryl methyl sites for hydroxylation is 1. The van der Waals surface area contributed by atoms with E-state index in [9.17, 15) is 4.79 Å². The third kappa shape index (κ3) is 4.22. The molecule has 0 aromatic carbocycles. The van der Waals surface area contributed by atoms with Crippen LogP contribution in [0, 0.1) is 12.8 Å². The highest BCUT2D eigenvalue weighted by molar-refractivity contribution is 5.91. The molecule has 0 bridgehead atoms. The van der Waals surface area contributed by atoms with Crippen LogP contribution in [0.4, 0.5) is 0 Å². The van der Waals surface area contributed by atoms with Crippen LogP contribution in [-0.2, 0) is 6.54 Å². The molecule has 0 radical (unpaired) electrons. The number of amides is 1. The average Bonchev–Trinajstić information content (AvgIpc) is 3.23. The first-order valence-electron chi connectivity index (χ1n) is 8.25. The normalized spacial score (nSPS) is 16.6. The van der Waals surface area contributed by atoms with E-state index in [1.807, 2.05) is 12.3 Å². The molecule has 1 saturated heterocycles. The van der Waals surface area contributed by atoms with Gasteiger partial charge in [0.2, 0.25) is 0 Å². The molecular formula is C17H24N4O2. The fourth-order valence-corrected chi connectivity index (χ4v) is 3.02. The number of carbonyl (C=O) groups excluding carboxylic acids is 1. The van der Waals surface area contributed by atoms with Crippen LogP contribution in [-0.4, -0.2) is 46.8 Å². The summed E-state index contributed by atoms with van der Waals surface area (Å²) in [6, 6.07) is 5.46. The monoisotopic (exact) mass is 316 g/mol. The first kappa shape index (κ1) is 15.8. The Labute approximate surface area is 136 Å². The number of carbonyl (C=O) groups is 1. The Hall–Kier alpha value is -2.08. The molecule has 1 aliphatic heterocycles. The van der Waals surface area contributed by atoms with E-state index in [1.54, 1.807) is 12.1 Å². The van der Waals surface area contributed by atoms with E-state index < -0.39 is 0 Å². The lowest BCUT2D eigenvalue weighted by atomic mass is 9.97. The SMILES string of the molecule is Cc1ccnn1CCN1CCC(CNC(=O)c2ccco2)CC1. The van der Waals surface area contributed by atoms with Crippen molar-refractivity contribution in [2.24, 2.45) is 5.92 Å². The second kappa shape index (κ2) is 7.46. The quantitative estimate of drug-likeness (QED) is 0.884. The third-order valence-corrected chi connectivity index (χ3v) is 4.56. The lowest BCUT2D eigenvalue weighted by Crippen LogP contribution is -2.39. The van der Waals surface area contributed by atoms with Gasteiger partial charge in [0, 0.05) is 25.0 Å². The molecular weight excluding hydrogens is 292 g/mol. The summed E-state index contributed by atoms with van der Waals surface area (Å²) in [5.74, 6) is 0.820. The maximum Gasteiger partial charge on any atom is 0.286 e. The van der Waals surface area contributed by atoms with Gasteiger partial charge in [-0.15, -0.1) is 0 Å². The number of nitrogens with zero attached hydrogens (tertiary/aromatic N) is 3. The molecule has 0 unspecified atom stereocenters. The van der Waals surface area contributed by atoms with Crippen molar-refractivity contribution in [2.75, 3.05) is 26.2 Å². The summed E-state index contributed by atoms with van der Waals surface area (Å²) < 4.78 is 7.15. The molecule has 6 heteroatoms. The molecule has 23 heavy (non-hydrogen) atoms. The van der Waals surface area contributed by atoms with Gasteiger partial charge in [0.05, 0.1) is 12.8 Å². The summed E-state index contributed by atoms with van der Waals surface area (Å²) >= 11 is 0. The minimum absolute atomic E-state index is 0.119. The highest BCUT2D eigenvalue weighted by atomic mass is 16.3. The zero-order chi connectivity index (χ0) is 16.1. The van der Waals surface area contributed by atoms with E-state index in [-0.39, 0.29) is 5.91 Å². The van der Waals surface area contributed by atoms with Gasteiger partial charge in [-0.2, -0.15) is 5.10 Å². The number of furan rings is 1. The maximum absolute atomic E-state index is 11.9. The fraction of sp³-hybridized carbons (Fsp3) is 0.529. The van der Waals surface area contributed by atoms with Crippen LogP contribution in [0.5, 0.6) is 0 Å². The molecule has 2 aromatic rings. The summed E-state index contributed by atoms with van der Waals surface area (Å²) in [7, 11) is 0. The molecule has 1 N–H and O–H groups in total. The van der Waals surface area contributed by atoms with Gasteiger partial charge in [-0.25, -0.2) is 0 Å². The van der Waals surface area contributed by atoms with Gasteiger partial charge >= 0.3 is 0 Å². The molecule has 6 nitrogen and oxygen atoms in total. The Balaban J connectivity index is 1.35. The van der Waals surface area contributed by atoms with Crippen LogP contribution in [0.2, 0.25) is 0 Å². The van der Waals surface area contributed by atoms with Crippen LogP contribution >= 0.6 is 0 Å². The summed E-state index contributed by atoms with van der Waals surface area (Å²) in [6.07, 6.45) is 5.62. The maximum atomic E-state index is 11.9. The first-order valence-corrected chi connectivity index (χ1v) is 8.25. The topological polar surface area (TPSA) is 63.3 Å². The number of rotatable bonds is 6. The molecule has 3 rings (SSSR count). The number of hydrogen-bond acceptors (Lipinski definition) is 4. The van der Waals surface area contributed by atoms with Gasteiger partial charge in [0.1, 0.15) is 0 Å². The molecule has 1 amide bonds. The molecule has 0 spiro atoms. The second-order valence-electron chi connectivity index (χ2n) is 6.17. The minimum atomic E-state index is -0.119. The van der Waals surface area contributed by atoms with Gasteiger partial charge in [-0.1, -0.05) is 0 Å². The Morgan fingerprint density at radius 3 is 2.83 bits per heavy atom. The number of aromatic nitrogens is 2. The molecule has 1 aliphatic rings. The van der Waals surface area contributed by atoms with E-state index in [0.29, 0.717) is 11.7 Å². The summed E-state index contributed by atoms with van der Waals surface area (Å²) in [6.45, 7) is 6.96. The molecule has 124 valence electrons. The van der Waals surface area contributed by atoms with Crippen LogP contribution in [0.3, 0.4) is 0 Å². The van der Waals surface area contributed by atoms with Gasteiger partial charge < -0.3 is 14.6 Å². The highest BCUT2D eigenvalue weighted by Gasteiger charge is 2.20. The largest absolute Gasteiger partial charge is 0.459 e. The Kier molecular flexibility index (Phi) is 5.12. The van der Waals surface area contributed by atoms with Gasteiger partial charge in [-0.3, -0.25) is 9.48 Å². The van der Waals surface area contributed by atoms with Crippen LogP contribution in [0.15, 0.2) is 35.1 Å². The van der Waals surface area contributed by atoms with Gasteiger partial charge in [0.25, 0.3) is 5.91 Å². The van der Waals surface area contributed by atoms with Crippen molar-refractivity contribution in [1.29, 1.82) is 0 Å². The van der Waals surface area contributed by atoms with E-state index >= 15 is 0 Å². The van der Waals surface area contributed by atoms with Crippen molar-refractivity contribution < 1.29 is 9.21 Å². The Morgan fingerprint density at radius 1 is 1.35 bits per heavy atom. The number of nitrogens with one attached hydrogen (secondary N) is 1. The van der Waals surface area contributed by atoms with Crippen molar-refractivity contribution in [3.8, 4) is 0 Å². The number of piperidine rings is 1. The van der Waals surface area contributed by atoms with Crippen LogP contribution in [0.25, 0.3) is 0 Å². The van der Waals surface area contributed by atoms with Crippen LogP contribution in [0.1, 0.15) is 29.1 Å². The minimum Gasteiger partial charge on any atom is -0.459 e. The average molecular weight is 316 g/mol. The van der Waals surface area contributed by atoms with E-state index in [0.717, 1.165) is 45.6 Å². The number of likely N-dealkylation sites (tertiary alicyclic amines) is 1. The lowest BCUT2D eigenvalue weighted by Gasteiger charge is -2.32. The van der Waals surface area contributed by atoms with Gasteiger partial charge in [0.15, 0.2) is 5.76 Å². The summed E-state index contributed by atoms with van der Waals surface area (Å²) in [4.78, 5) is 14.3. The van der Waals surface area contributed by atoms with Crippen molar-refractivity contribution in [3.63, 3.8) is 0 Å². The first-order chi connectivity index (χ1) is 11.2. The molecule has 0 atom stereocenters. The van der Waals surface area contributed by atoms with Crippen molar-refractivity contribution in [3.05, 3.63) is 42.1 Å². The molecule has 0 saturated carbocycles. The van der Waals surface area contributed by atoms with Gasteiger partial charge in [-0.05, 0) is 57.0 Å². The van der Waals surface area contributed by atoms with Crippen LogP contribution < -0.4 is 5.32 Å². The predicted molar refractivity (Wildman–Crippen MR) is 87.2 cm³/mol. The zero-order valence-electron chi connectivity index (χ0n) is 13.6. The standard InChI is InChI=1S/C17H24N4O2/c1-14-4-7-19-21(14)11-10-20-8-5-15(6-9-20)13-18-17(22)16-3-2-12-23-16/h2-4,7,12,15H,5-6,8-11,13H2,1H3,(H,18,22). The Morgan fingerprint density at radius 2 is 2.17 bits per heavy atom. The highest BCUT2D eigenvalue weighted by Crippen LogP contribution is 2.16. The molecule has 0 aliphatic carbocycles.